The van der Waals surface area contributed by atoms with Gasteiger partial charge in [0.05, 0.1) is 0 Å². The van der Waals surface area contributed by atoms with E-state index in [9.17, 15) is 4.79 Å². The predicted molar refractivity (Wildman–Crippen MR) is 103 cm³/mol. The van der Waals surface area contributed by atoms with Crippen LogP contribution in [0.4, 0.5) is 0 Å². The molecule has 0 unspecified atom stereocenters. The van der Waals surface area contributed by atoms with E-state index in [4.69, 9.17) is 0 Å². The molecule has 1 heterocycles. The second-order valence-corrected chi connectivity index (χ2v) is 6.52. The van der Waals surface area contributed by atoms with E-state index < -0.39 is 0 Å². The molecule has 0 radical (unpaired) electrons. The standard InChI is InChI=1S/C21H23N3O/c1-23(2)11-12-24(3)21(25)20-14-17(13-16-7-6-10-22-15-16)18-8-4-5-9-19(18)20/h4-10,13-15H,11-12H2,1-3H3/b17-13-. The van der Waals surface area contributed by atoms with Crippen molar-refractivity contribution in [2.75, 3.05) is 34.2 Å². The Labute approximate surface area is 149 Å². The average Bonchev–Trinajstić information content (AvgIpc) is 2.98. The van der Waals surface area contributed by atoms with Crippen molar-refractivity contribution in [2.45, 2.75) is 0 Å². The van der Waals surface area contributed by atoms with Crippen LogP contribution in [0.2, 0.25) is 0 Å². The number of fused-ring (bicyclic) bond motifs is 1. The fraction of sp³-hybridized carbons (Fsp3) is 0.238. The summed E-state index contributed by atoms with van der Waals surface area (Å²) in [6.07, 6.45) is 7.65. The number of carbonyl (C=O) groups excluding carboxylic acids is 1. The lowest BCUT2D eigenvalue weighted by atomic mass is 10.0. The van der Waals surface area contributed by atoms with Crippen LogP contribution in [0, 0.1) is 0 Å². The lowest BCUT2D eigenvalue weighted by molar-refractivity contribution is -0.123. The summed E-state index contributed by atoms with van der Waals surface area (Å²) in [6, 6.07) is 12.0. The van der Waals surface area contributed by atoms with E-state index in [0.29, 0.717) is 6.54 Å². The van der Waals surface area contributed by atoms with E-state index in [1.165, 1.54) is 0 Å². The molecule has 0 fully saturated rings. The van der Waals surface area contributed by atoms with Gasteiger partial charge in [-0.2, -0.15) is 0 Å². The van der Waals surface area contributed by atoms with E-state index in [1.807, 2.05) is 63.7 Å². The van der Waals surface area contributed by atoms with Gasteiger partial charge in [-0.05, 0) is 54.6 Å². The van der Waals surface area contributed by atoms with Crippen molar-refractivity contribution < 1.29 is 4.79 Å². The average molecular weight is 333 g/mol. The quantitative estimate of drug-likeness (QED) is 0.844. The number of likely N-dealkylation sites (N-methyl/N-ethyl adjacent to an activating group) is 2. The summed E-state index contributed by atoms with van der Waals surface area (Å²) >= 11 is 0. The number of pyridine rings is 1. The molecular formula is C21H23N3O. The second-order valence-electron chi connectivity index (χ2n) is 6.52. The first-order valence-electron chi connectivity index (χ1n) is 8.39. The molecule has 0 atom stereocenters. The third-order valence-electron chi connectivity index (χ3n) is 4.29. The van der Waals surface area contributed by atoms with E-state index in [0.717, 1.165) is 34.4 Å². The van der Waals surface area contributed by atoms with Crippen LogP contribution in [0.5, 0.6) is 0 Å². The van der Waals surface area contributed by atoms with E-state index in [1.54, 1.807) is 11.1 Å². The lowest BCUT2D eigenvalue weighted by Gasteiger charge is -2.20. The van der Waals surface area contributed by atoms with Gasteiger partial charge < -0.3 is 9.80 Å². The molecule has 1 aliphatic rings. The van der Waals surface area contributed by atoms with E-state index in [-0.39, 0.29) is 5.91 Å². The van der Waals surface area contributed by atoms with Crippen LogP contribution in [-0.2, 0) is 4.79 Å². The van der Waals surface area contributed by atoms with Crippen LogP contribution in [0.25, 0.3) is 17.2 Å². The normalized spacial score (nSPS) is 14.6. The van der Waals surface area contributed by atoms with Crippen molar-refractivity contribution in [2.24, 2.45) is 0 Å². The number of benzene rings is 1. The minimum atomic E-state index is 0.0592. The Morgan fingerprint density at radius 2 is 1.80 bits per heavy atom. The van der Waals surface area contributed by atoms with Crippen molar-refractivity contribution in [3.63, 3.8) is 0 Å². The summed E-state index contributed by atoms with van der Waals surface area (Å²) in [4.78, 5) is 20.9. The summed E-state index contributed by atoms with van der Waals surface area (Å²) in [5.74, 6) is 0.0592. The first-order valence-corrected chi connectivity index (χ1v) is 8.39. The Morgan fingerprint density at radius 3 is 2.48 bits per heavy atom. The van der Waals surface area contributed by atoms with Crippen LogP contribution in [-0.4, -0.2) is 54.9 Å². The summed E-state index contributed by atoms with van der Waals surface area (Å²) < 4.78 is 0. The molecule has 0 saturated heterocycles. The molecule has 0 bridgehead atoms. The zero-order valence-corrected chi connectivity index (χ0v) is 14.9. The molecule has 1 aromatic heterocycles. The van der Waals surface area contributed by atoms with Crippen LogP contribution in [0.15, 0.2) is 54.9 Å². The first-order chi connectivity index (χ1) is 12.1. The number of nitrogens with zero attached hydrogens (tertiary/aromatic N) is 3. The molecule has 2 aromatic rings. The maximum Gasteiger partial charge on any atom is 0.254 e. The monoisotopic (exact) mass is 333 g/mol. The largest absolute Gasteiger partial charge is 0.340 e. The third-order valence-corrected chi connectivity index (χ3v) is 4.29. The van der Waals surface area contributed by atoms with E-state index in [2.05, 4.69) is 22.0 Å². The Bertz CT molecular complexity index is 822. The molecule has 3 rings (SSSR count). The number of carbonyl (C=O) groups is 1. The molecule has 0 aliphatic heterocycles. The van der Waals surface area contributed by atoms with Crippen molar-refractivity contribution in [3.05, 3.63) is 71.6 Å². The molecule has 1 aromatic carbocycles. The highest BCUT2D eigenvalue weighted by molar-refractivity contribution is 6.26. The summed E-state index contributed by atoms with van der Waals surface area (Å²) in [6.45, 7) is 1.54. The second kappa shape index (κ2) is 7.45. The van der Waals surface area contributed by atoms with Gasteiger partial charge in [-0.1, -0.05) is 30.3 Å². The van der Waals surface area contributed by atoms with Gasteiger partial charge in [-0.3, -0.25) is 9.78 Å². The SMILES string of the molecule is CN(C)CCN(C)C(=O)C1=C/C(=C/c2cccnc2)c2ccccc21. The number of rotatable bonds is 5. The first kappa shape index (κ1) is 17.1. The zero-order valence-electron chi connectivity index (χ0n) is 14.9. The zero-order chi connectivity index (χ0) is 17.8. The minimum Gasteiger partial charge on any atom is -0.340 e. The molecule has 1 aliphatic carbocycles. The maximum absolute atomic E-state index is 12.9. The van der Waals surface area contributed by atoms with Gasteiger partial charge >= 0.3 is 0 Å². The highest BCUT2D eigenvalue weighted by Gasteiger charge is 2.25. The molecule has 128 valence electrons. The molecule has 4 heteroatoms. The topological polar surface area (TPSA) is 36.4 Å². The number of hydrogen-bond donors (Lipinski definition) is 0. The van der Waals surface area contributed by atoms with Crippen LogP contribution < -0.4 is 0 Å². The molecule has 4 nitrogen and oxygen atoms in total. The number of aromatic nitrogens is 1. The van der Waals surface area contributed by atoms with Crippen molar-refractivity contribution >= 4 is 23.1 Å². The van der Waals surface area contributed by atoms with Gasteiger partial charge in [-0.25, -0.2) is 0 Å². The highest BCUT2D eigenvalue weighted by atomic mass is 16.2. The van der Waals surface area contributed by atoms with Gasteiger partial charge in [0.15, 0.2) is 0 Å². The Balaban J connectivity index is 1.93. The van der Waals surface area contributed by atoms with Gasteiger partial charge in [0, 0.05) is 38.1 Å². The highest BCUT2D eigenvalue weighted by Crippen LogP contribution is 2.37. The molecule has 25 heavy (non-hydrogen) atoms. The molecule has 1 amide bonds. The van der Waals surface area contributed by atoms with Crippen molar-refractivity contribution in [1.82, 2.24) is 14.8 Å². The fourth-order valence-corrected chi connectivity index (χ4v) is 2.88. The Kier molecular flexibility index (Phi) is 5.10. The number of amides is 1. The Hall–Kier alpha value is -2.72. The van der Waals surface area contributed by atoms with Crippen molar-refractivity contribution in [1.29, 1.82) is 0 Å². The van der Waals surface area contributed by atoms with Crippen LogP contribution >= 0.6 is 0 Å². The smallest absolute Gasteiger partial charge is 0.254 e. The van der Waals surface area contributed by atoms with Crippen LogP contribution in [0.3, 0.4) is 0 Å². The van der Waals surface area contributed by atoms with Crippen LogP contribution in [0.1, 0.15) is 16.7 Å². The lowest BCUT2D eigenvalue weighted by Crippen LogP contribution is -2.33. The molecule has 0 spiro atoms. The molecule has 0 N–H and O–H groups in total. The molecular weight excluding hydrogens is 310 g/mol. The summed E-state index contributed by atoms with van der Waals surface area (Å²) in [7, 11) is 5.88. The number of hydrogen-bond acceptors (Lipinski definition) is 3. The summed E-state index contributed by atoms with van der Waals surface area (Å²) in [5, 5.41) is 0. The van der Waals surface area contributed by atoms with Gasteiger partial charge in [0.25, 0.3) is 5.91 Å². The van der Waals surface area contributed by atoms with Gasteiger partial charge in [-0.15, -0.1) is 0 Å². The fourth-order valence-electron chi connectivity index (χ4n) is 2.88. The Morgan fingerprint density at radius 1 is 1.04 bits per heavy atom. The van der Waals surface area contributed by atoms with Gasteiger partial charge in [0.2, 0.25) is 0 Å². The third kappa shape index (κ3) is 3.86. The van der Waals surface area contributed by atoms with Crippen molar-refractivity contribution in [3.8, 4) is 0 Å². The molecule has 0 saturated carbocycles. The minimum absolute atomic E-state index is 0.0592. The predicted octanol–water partition coefficient (Wildman–Crippen LogP) is 3.04. The van der Waals surface area contributed by atoms with E-state index >= 15 is 0 Å². The maximum atomic E-state index is 12.9. The number of allylic oxidation sites excluding steroid dienone is 2. The van der Waals surface area contributed by atoms with Gasteiger partial charge in [0.1, 0.15) is 0 Å². The summed E-state index contributed by atoms with van der Waals surface area (Å²) in [5.41, 5.74) is 4.92.